The largest absolute Gasteiger partial charge is 0.490 e. The molecule has 0 heterocycles. The van der Waals surface area contributed by atoms with Gasteiger partial charge in [-0.15, -0.1) is 0 Å². The maximum Gasteiger partial charge on any atom is 0.124 e. The normalized spacial score (nSPS) is 17.9. The molecule has 2 rings (SSSR count). The minimum Gasteiger partial charge on any atom is -0.490 e. The molecule has 1 saturated carbocycles. The first-order valence-electron chi connectivity index (χ1n) is 5.19. The van der Waals surface area contributed by atoms with E-state index in [0.717, 1.165) is 11.3 Å². The molecule has 1 aromatic rings. The summed E-state index contributed by atoms with van der Waals surface area (Å²) in [6.45, 7) is 4.06. The van der Waals surface area contributed by atoms with E-state index in [-0.39, 0.29) is 6.04 Å². The number of hydrogen-bond acceptors (Lipinski definition) is 2. The van der Waals surface area contributed by atoms with Crippen LogP contribution in [0.3, 0.4) is 0 Å². The van der Waals surface area contributed by atoms with Crippen LogP contribution in [0.25, 0.3) is 0 Å². The molecule has 1 aliphatic rings. The van der Waals surface area contributed by atoms with Crippen molar-refractivity contribution in [2.45, 2.75) is 38.8 Å². The average molecular weight is 191 g/mol. The Morgan fingerprint density at radius 3 is 2.71 bits per heavy atom. The van der Waals surface area contributed by atoms with Gasteiger partial charge in [0.1, 0.15) is 5.75 Å². The quantitative estimate of drug-likeness (QED) is 0.797. The molecule has 1 aliphatic carbocycles. The molecule has 0 bridgehead atoms. The van der Waals surface area contributed by atoms with E-state index in [2.05, 4.69) is 25.1 Å². The molecule has 14 heavy (non-hydrogen) atoms. The van der Waals surface area contributed by atoms with Crippen molar-refractivity contribution in [1.82, 2.24) is 0 Å². The monoisotopic (exact) mass is 191 g/mol. The van der Waals surface area contributed by atoms with Gasteiger partial charge in [-0.3, -0.25) is 0 Å². The zero-order valence-electron chi connectivity index (χ0n) is 8.79. The third-order valence-corrected chi connectivity index (χ3v) is 2.48. The molecule has 0 aliphatic heterocycles. The van der Waals surface area contributed by atoms with Crippen LogP contribution in [0.4, 0.5) is 0 Å². The van der Waals surface area contributed by atoms with E-state index in [1.807, 2.05) is 6.92 Å². The van der Waals surface area contributed by atoms with Crippen molar-refractivity contribution in [2.24, 2.45) is 5.73 Å². The standard InChI is InChI=1S/C12H17NO/c1-8-3-6-11(9(2)13)12(7-8)14-10-4-5-10/h3,6-7,9-10H,4-5,13H2,1-2H3/t9-/m1/s1. The summed E-state index contributed by atoms with van der Waals surface area (Å²) in [5.41, 5.74) is 8.22. The van der Waals surface area contributed by atoms with Crippen LogP contribution >= 0.6 is 0 Å². The molecule has 0 aromatic heterocycles. The topological polar surface area (TPSA) is 35.2 Å². The van der Waals surface area contributed by atoms with Gasteiger partial charge in [-0.05, 0) is 38.3 Å². The molecule has 1 aromatic carbocycles. The molecule has 1 atom stereocenters. The van der Waals surface area contributed by atoms with Gasteiger partial charge in [0, 0.05) is 11.6 Å². The lowest BCUT2D eigenvalue weighted by Crippen LogP contribution is -2.09. The van der Waals surface area contributed by atoms with Crippen LogP contribution in [0.2, 0.25) is 0 Å². The van der Waals surface area contributed by atoms with Crippen LogP contribution in [0.1, 0.15) is 36.9 Å². The third kappa shape index (κ3) is 2.07. The van der Waals surface area contributed by atoms with E-state index in [9.17, 15) is 0 Å². The fourth-order valence-corrected chi connectivity index (χ4v) is 1.49. The van der Waals surface area contributed by atoms with Gasteiger partial charge in [0.2, 0.25) is 0 Å². The zero-order valence-corrected chi connectivity index (χ0v) is 8.79. The maximum atomic E-state index is 5.88. The van der Waals surface area contributed by atoms with Crippen LogP contribution in [0.5, 0.6) is 5.75 Å². The summed E-state index contributed by atoms with van der Waals surface area (Å²) in [6.07, 6.45) is 2.81. The second-order valence-corrected chi connectivity index (χ2v) is 4.15. The first kappa shape index (κ1) is 9.53. The van der Waals surface area contributed by atoms with Gasteiger partial charge < -0.3 is 10.5 Å². The highest BCUT2D eigenvalue weighted by molar-refractivity contribution is 5.39. The van der Waals surface area contributed by atoms with Gasteiger partial charge >= 0.3 is 0 Å². The smallest absolute Gasteiger partial charge is 0.124 e. The van der Waals surface area contributed by atoms with Gasteiger partial charge in [0.05, 0.1) is 6.10 Å². The van der Waals surface area contributed by atoms with Gasteiger partial charge in [-0.2, -0.15) is 0 Å². The van der Waals surface area contributed by atoms with Crippen LogP contribution in [0.15, 0.2) is 18.2 Å². The second-order valence-electron chi connectivity index (χ2n) is 4.15. The summed E-state index contributed by atoms with van der Waals surface area (Å²) in [6, 6.07) is 6.28. The predicted octanol–water partition coefficient (Wildman–Crippen LogP) is 2.56. The molecular weight excluding hydrogens is 174 g/mol. The van der Waals surface area contributed by atoms with Crippen LogP contribution in [-0.2, 0) is 0 Å². The van der Waals surface area contributed by atoms with Crippen molar-refractivity contribution in [1.29, 1.82) is 0 Å². The number of hydrogen-bond donors (Lipinski definition) is 1. The molecule has 0 amide bonds. The lowest BCUT2D eigenvalue weighted by Gasteiger charge is -2.14. The first-order chi connectivity index (χ1) is 6.66. The summed E-state index contributed by atoms with van der Waals surface area (Å²) < 4.78 is 5.82. The Morgan fingerprint density at radius 2 is 2.14 bits per heavy atom. The minimum atomic E-state index is 0.0457. The number of rotatable bonds is 3. The molecule has 76 valence electrons. The lowest BCUT2D eigenvalue weighted by molar-refractivity contribution is 0.298. The van der Waals surface area contributed by atoms with Gasteiger partial charge in [0.25, 0.3) is 0 Å². The van der Waals surface area contributed by atoms with Crippen molar-refractivity contribution in [3.8, 4) is 5.75 Å². The summed E-state index contributed by atoms with van der Waals surface area (Å²) in [5, 5.41) is 0. The van der Waals surface area contributed by atoms with Crippen LogP contribution in [-0.4, -0.2) is 6.10 Å². The van der Waals surface area contributed by atoms with E-state index in [1.54, 1.807) is 0 Å². The summed E-state index contributed by atoms with van der Waals surface area (Å²) in [4.78, 5) is 0. The molecule has 2 heteroatoms. The number of benzene rings is 1. The fraction of sp³-hybridized carbons (Fsp3) is 0.500. The number of ether oxygens (including phenoxy) is 1. The Labute approximate surface area is 85.1 Å². The van der Waals surface area contributed by atoms with Gasteiger partial charge in [-0.1, -0.05) is 12.1 Å². The molecule has 2 N–H and O–H groups in total. The highest BCUT2D eigenvalue weighted by Gasteiger charge is 2.24. The molecule has 0 radical (unpaired) electrons. The highest BCUT2D eigenvalue weighted by Crippen LogP contribution is 2.31. The van der Waals surface area contributed by atoms with Crippen LogP contribution < -0.4 is 10.5 Å². The Hall–Kier alpha value is -1.02. The first-order valence-corrected chi connectivity index (χ1v) is 5.19. The van der Waals surface area contributed by atoms with Crippen molar-refractivity contribution in [3.05, 3.63) is 29.3 Å². The van der Waals surface area contributed by atoms with E-state index < -0.39 is 0 Å². The summed E-state index contributed by atoms with van der Waals surface area (Å²) in [5.74, 6) is 0.975. The van der Waals surface area contributed by atoms with E-state index >= 15 is 0 Å². The average Bonchev–Trinajstić information content (AvgIpc) is 2.87. The molecule has 0 unspecified atom stereocenters. The van der Waals surface area contributed by atoms with Gasteiger partial charge in [-0.25, -0.2) is 0 Å². The highest BCUT2D eigenvalue weighted by atomic mass is 16.5. The zero-order chi connectivity index (χ0) is 10.1. The van der Waals surface area contributed by atoms with Crippen molar-refractivity contribution >= 4 is 0 Å². The van der Waals surface area contributed by atoms with Crippen molar-refractivity contribution in [3.63, 3.8) is 0 Å². The Bertz CT molecular complexity index is 329. The SMILES string of the molecule is Cc1ccc([C@@H](C)N)c(OC2CC2)c1. The Balaban J connectivity index is 2.27. The van der Waals surface area contributed by atoms with Crippen LogP contribution in [0, 0.1) is 6.92 Å². The maximum absolute atomic E-state index is 5.88. The number of nitrogens with two attached hydrogens (primary N) is 1. The Kier molecular flexibility index (Phi) is 2.46. The van der Waals surface area contributed by atoms with Crippen molar-refractivity contribution < 1.29 is 4.74 Å². The van der Waals surface area contributed by atoms with Gasteiger partial charge in [0.15, 0.2) is 0 Å². The molecular formula is C12H17NO. The molecule has 1 fully saturated rings. The summed E-state index contributed by atoms with van der Waals surface area (Å²) >= 11 is 0. The third-order valence-electron chi connectivity index (χ3n) is 2.48. The van der Waals surface area contributed by atoms with E-state index in [4.69, 9.17) is 10.5 Å². The molecule has 2 nitrogen and oxygen atoms in total. The molecule has 0 spiro atoms. The number of aryl methyl sites for hydroxylation is 1. The fourth-order valence-electron chi connectivity index (χ4n) is 1.49. The molecule has 0 saturated heterocycles. The Morgan fingerprint density at radius 1 is 1.43 bits per heavy atom. The van der Waals surface area contributed by atoms with Crippen molar-refractivity contribution in [2.75, 3.05) is 0 Å². The van der Waals surface area contributed by atoms with E-state index in [1.165, 1.54) is 18.4 Å². The lowest BCUT2D eigenvalue weighted by atomic mass is 10.1. The van der Waals surface area contributed by atoms with E-state index in [0.29, 0.717) is 6.10 Å². The minimum absolute atomic E-state index is 0.0457. The predicted molar refractivity (Wildman–Crippen MR) is 57.4 cm³/mol. The summed E-state index contributed by atoms with van der Waals surface area (Å²) in [7, 11) is 0. The second kappa shape index (κ2) is 3.62.